The van der Waals surface area contributed by atoms with Gasteiger partial charge in [0, 0.05) is 23.7 Å². The second kappa shape index (κ2) is 9.72. The predicted octanol–water partition coefficient (Wildman–Crippen LogP) is 1.98. The van der Waals surface area contributed by atoms with Gasteiger partial charge in [0.1, 0.15) is 0 Å². The SMILES string of the molecule is O=C(/C=C/c1cccc(Br)c1)NCCCOCCO. The van der Waals surface area contributed by atoms with Gasteiger partial charge in [-0.2, -0.15) is 0 Å². The molecule has 0 saturated carbocycles. The Kier molecular flexibility index (Phi) is 8.13. The number of rotatable bonds is 8. The molecule has 0 aromatic heterocycles. The highest BCUT2D eigenvalue weighted by Gasteiger charge is 1.95. The lowest BCUT2D eigenvalue weighted by molar-refractivity contribution is -0.116. The molecule has 0 spiro atoms. The Morgan fingerprint density at radius 3 is 3.00 bits per heavy atom. The Hall–Kier alpha value is -1.17. The van der Waals surface area contributed by atoms with Crippen LogP contribution in [0.2, 0.25) is 0 Å². The van der Waals surface area contributed by atoms with E-state index in [0.717, 1.165) is 16.5 Å². The van der Waals surface area contributed by atoms with E-state index in [0.29, 0.717) is 19.8 Å². The van der Waals surface area contributed by atoms with Crippen molar-refractivity contribution in [3.63, 3.8) is 0 Å². The first-order chi connectivity index (χ1) is 9.22. The first-order valence-electron chi connectivity index (χ1n) is 6.12. The van der Waals surface area contributed by atoms with Gasteiger partial charge in [0.05, 0.1) is 13.2 Å². The third-order valence-corrected chi connectivity index (χ3v) is 2.77. The molecular formula is C14H18BrNO3. The summed E-state index contributed by atoms with van der Waals surface area (Å²) in [6, 6.07) is 7.72. The van der Waals surface area contributed by atoms with Crippen molar-refractivity contribution in [2.75, 3.05) is 26.4 Å². The summed E-state index contributed by atoms with van der Waals surface area (Å²) in [7, 11) is 0. The molecule has 0 aliphatic rings. The molecule has 0 aliphatic carbocycles. The van der Waals surface area contributed by atoms with Gasteiger partial charge in [-0.05, 0) is 30.2 Å². The summed E-state index contributed by atoms with van der Waals surface area (Å²) >= 11 is 3.37. The standard InChI is InChI=1S/C14H18BrNO3/c15-13-4-1-3-12(11-13)5-6-14(18)16-7-2-9-19-10-8-17/h1,3-6,11,17H,2,7-10H2,(H,16,18)/b6-5+. The summed E-state index contributed by atoms with van der Waals surface area (Å²) in [6.45, 7) is 1.47. The molecule has 1 amide bonds. The fourth-order valence-corrected chi connectivity index (χ4v) is 1.81. The summed E-state index contributed by atoms with van der Waals surface area (Å²) in [4.78, 5) is 11.5. The lowest BCUT2D eigenvalue weighted by Crippen LogP contribution is -2.23. The van der Waals surface area contributed by atoms with E-state index in [1.165, 1.54) is 6.08 Å². The van der Waals surface area contributed by atoms with Gasteiger partial charge in [0.2, 0.25) is 5.91 Å². The second-order valence-corrected chi connectivity index (χ2v) is 4.78. The van der Waals surface area contributed by atoms with Crippen molar-refractivity contribution >= 4 is 27.9 Å². The van der Waals surface area contributed by atoms with Gasteiger partial charge in [-0.3, -0.25) is 4.79 Å². The monoisotopic (exact) mass is 327 g/mol. The Bertz CT molecular complexity index is 421. The van der Waals surface area contributed by atoms with Crippen molar-refractivity contribution in [1.29, 1.82) is 0 Å². The van der Waals surface area contributed by atoms with E-state index in [1.807, 2.05) is 24.3 Å². The van der Waals surface area contributed by atoms with E-state index in [9.17, 15) is 4.79 Å². The van der Waals surface area contributed by atoms with Gasteiger partial charge < -0.3 is 15.2 Å². The zero-order valence-electron chi connectivity index (χ0n) is 10.6. The molecule has 1 aromatic rings. The zero-order valence-corrected chi connectivity index (χ0v) is 12.2. The Morgan fingerprint density at radius 1 is 1.42 bits per heavy atom. The maximum absolute atomic E-state index is 11.5. The smallest absolute Gasteiger partial charge is 0.244 e. The van der Waals surface area contributed by atoms with Crippen LogP contribution in [0.4, 0.5) is 0 Å². The third-order valence-electron chi connectivity index (χ3n) is 2.28. The molecule has 0 heterocycles. The molecule has 2 N–H and O–H groups in total. The second-order valence-electron chi connectivity index (χ2n) is 3.87. The molecule has 0 unspecified atom stereocenters. The van der Waals surface area contributed by atoms with Crippen molar-refractivity contribution in [3.8, 4) is 0 Å². The molecule has 0 fully saturated rings. The minimum Gasteiger partial charge on any atom is -0.394 e. The van der Waals surface area contributed by atoms with Crippen molar-refractivity contribution in [2.45, 2.75) is 6.42 Å². The molecule has 0 aliphatic heterocycles. The van der Waals surface area contributed by atoms with Crippen LogP contribution in [0, 0.1) is 0 Å². The largest absolute Gasteiger partial charge is 0.394 e. The average Bonchev–Trinajstić information content (AvgIpc) is 2.40. The normalized spacial score (nSPS) is 10.8. The summed E-state index contributed by atoms with van der Waals surface area (Å²) in [5, 5.41) is 11.3. The number of hydrogen-bond acceptors (Lipinski definition) is 3. The predicted molar refractivity (Wildman–Crippen MR) is 78.7 cm³/mol. The number of halogens is 1. The number of aliphatic hydroxyl groups is 1. The molecule has 0 saturated heterocycles. The van der Waals surface area contributed by atoms with Crippen LogP contribution in [0.25, 0.3) is 6.08 Å². The summed E-state index contributed by atoms with van der Waals surface area (Å²) in [5.74, 6) is -0.123. The van der Waals surface area contributed by atoms with Crippen molar-refractivity contribution < 1.29 is 14.6 Å². The van der Waals surface area contributed by atoms with E-state index >= 15 is 0 Å². The van der Waals surface area contributed by atoms with Crippen LogP contribution in [-0.4, -0.2) is 37.4 Å². The van der Waals surface area contributed by atoms with Gasteiger partial charge in [0.25, 0.3) is 0 Å². The molecule has 1 aromatic carbocycles. The van der Waals surface area contributed by atoms with Gasteiger partial charge in [-0.25, -0.2) is 0 Å². The minimum absolute atomic E-state index is 0.0295. The van der Waals surface area contributed by atoms with Crippen LogP contribution in [0.5, 0.6) is 0 Å². The summed E-state index contributed by atoms with van der Waals surface area (Å²) < 4.78 is 6.07. The van der Waals surface area contributed by atoms with E-state index in [4.69, 9.17) is 9.84 Å². The molecule has 19 heavy (non-hydrogen) atoms. The number of nitrogens with one attached hydrogen (secondary N) is 1. The zero-order chi connectivity index (χ0) is 13.9. The molecule has 0 atom stereocenters. The topological polar surface area (TPSA) is 58.6 Å². The summed E-state index contributed by atoms with van der Waals surface area (Å²) in [5.41, 5.74) is 0.968. The van der Waals surface area contributed by atoms with Crippen LogP contribution < -0.4 is 5.32 Å². The van der Waals surface area contributed by atoms with Crippen LogP contribution in [0.15, 0.2) is 34.8 Å². The average molecular weight is 328 g/mol. The molecule has 4 nitrogen and oxygen atoms in total. The number of hydrogen-bond donors (Lipinski definition) is 2. The highest BCUT2D eigenvalue weighted by Crippen LogP contribution is 2.12. The Morgan fingerprint density at radius 2 is 2.26 bits per heavy atom. The van der Waals surface area contributed by atoms with E-state index < -0.39 is 0 Å². The lowest BCUT2D eigenvalue weighted by atomic mass is 10.2. The molecule has 1 rings (SSSR count). The third kappa shape index (κ3) is 7.77. The van der Waals surface area contributed by atoms with Gasteiger partial charge in [-0.1, -0.05) is 28.1 Å². The van der Waals surface area contributed by atoms with E-state index in [1.54, 1.807) is 6.08 Å². The quantitative estimate of drug-likeness (QED) is 0.567. The number of aliphatic hydroxyl groups excluding tert-OH is 1. The molecule has 0 radical (unpaired) electrons. The van der Waals surface area contributed by atoms with Crippen molar-refractivity contribution in [3.05, 3.63) is 40.4 Å². The van der Waals surface area contributed by atoms with Crippen LogP contribution in [-0.2, 0) is 9.53 Å². The fraction of sp³-hybridized carbons (Fsp3) is 0.357. The van der Waals surface area contributed by atoms with Gasteiger partial charge >= 0.3 is 0 Å². The molecule has 5 heteroatoms. The van der Waals surface area contributed by atoms with Gasteiger partial charge in [-0.15, -0.1) is 0 Å². The fourth-order valence-electron chi connectivity index (χ4n) is 1.39. The van der Waals surface area contributed by atoms with Gasteiger partial charge in [0.15, 0.2) is 0 Å². The first-order valence-corrected chi connectivity index (χ1v) is 6.92. The lowest BCUT2D eigenvalue weighted by Gasteiger charge is -2.03. The van der Waals surface area contributed by atoms with E-state index in [-0.39, 0.29) is 12.5 Å². The number of ether oxygens (including phenoxy) is 1. The highest BCUT2D eigenvalue weighted by atomic mass is 79.9. The number of benzene rings is 1. The molecular weight excluding hydrogens is 310 g/mol. The van der Waals surface area contributed by atoms with Crippen LogP contribution in [0.3, 0.4) is 0 Å². The minimum atomic E-state index is -0.123. The highest BCUT2D eigenvalue weighted by molar-refractivity contribution is 9.10. The Balaban J connectivity index is 2.20. The van der Waals surface area contributed by atoms with E-state index in [2.05, 4.69) is 21.2 Å². The first kappa shape index (κ1) is 15.9. The maximum atomic E-state index is 11.5. The molecule has 104 valence electrons. The maximum Gasteiger partial charge on any atom is 0.244 e. The van der Waals surface area contributed by atoms with Crippen molar-refractivity contribution in [2.24, 2.45) is 0 Å². The van der Waals surface area contributed by atoms with Crippen LogP contribution >= 0.6 is 15.9 Å². The summed E-state index contributed by atoms with van der Waals surface area (Å²) in [6.07, 6.45) is 4.01. The van der Waals surface area contributed by atoms with Crippen LogP contribution in [0.1, 0.15) is 12.0 Å². The molecule has 0 bridgehead atoms. The number of carbonyl (C=O) groups is 1. The number of amides is 1. The number of carbonyl (C=O) groups excluding carboxylic acids is 1. The van der Waals surface area contributed by atoms with Crippen molar-refractivity contribution in [1.82, 2.24) is 5.32 Å². The Labute approximate surface area is 121 Å².